The fraction of sp³-hybridized carbons (Fsp3) is 0.857. The number of rotatable bonds is 1. The summed E-state index contributed by atoms with van der Waals surface area (Å²) in [6, 6.07) is 0. The van der Waals surface area contributed by atoms with Gasteiger partial charge in [0.2, 0.25) is 6.54 Å². The molecule has 1 heterocycles. The van der Waals surface area contributed by atoms with Crippen LogP contribution in [-0.4, -0.2) is 19.8 Å². The van der Waals surface area contributed by atoms with Crippen LogP contribution >= 0.6 is 0 Å². The first kappa shape index (κ1) is 6.57. The van der Waals surface area contributed by atoms with Crippen molar-refractivity contribution in [3.63, 3.8) is 0 Å². The summed E-state index contributed by atoms with van der Waals surface area (Å²) in [7, 11) is 0. The third kappa shape index (κ3) is 2.03. The number of hydrogen-bond acceptors (Lipinski definition) is 1. The van der Waals surface area contributed by atoms with E-state index in [1.165, 1.54) is 0 Å². The predicted octanol–water partition coefficient (Wildman–Crippen LogP) is 1.33. The maximum atomic E-state index is 6.62. The first-order valence-corrected chi connectivity index (χ1v) is 3.34. The van der Waals surface area contributed by atoms with Gasteiger partial charge in [-0.1, -0.05) is 0 Å². The van der Waals surface area contributed by atoms with Gasteiger partial charge >= 0.3 is 0 Å². The van der Waals surface area contributed by atoms with Crippen LogP contribution in [0.1, 0.15) is 12.8 Å². The van der Waals surface area contributed by atoms with Gasteiger partial charge in [-0.2, -0.15) is 0 Å². The summed E-state index contributed by atoms with van der Waals surface area (Å²) in [5, 5.41) is 0. The maximum Gasteiger partial charge on any atom is 0.217 e. The summed E-state index contributed by atoms with van der Waals surface area (Å²) in [6.07, 6.45) is 2.17. The second-order valence-corrected chi connectivity index (χ2v) is 2.40. The predicted molar refractivity (Wildman–Crippen MR) is 35.0 cm³/mol. The fourth-order valence-corrected chi connectivity index (χ4v) is 1.06. The molecular weight excluding hydrogens is 114 g/mol. The fourth-order valence-electron chi connectivity index (χ4n) is 1.06. The number of nitrogens with zero attached hydrogens (tertiary/aromatic N) is 1. The van der Waals surface area contributed by atoms with Gasteiger partial charge in [0.25, 0.3) is 0 Å². The molecule has 0 spiro atoms. The van der Waals surface area contributed by atoms with E-state index in [9.17, 15) is 0 Å². The zero-order valence-electron chi connectivity index (χ0n) is 5.47. The Morgan fingerprint density at radius 1 is 1.44 bits per heavy atom. The summed E-state index contributed by atoms with van der Waals surface area (Å²) < 4.78 is 5.14. The topological polar surface area (TPSA) is 13.6 Å². The Balaban J connectivity index is 2.17. The Morgan fingerprint density at radius 2 is 2.11 bits per heavy atom. The van der Waals surface area contributed by atoms with E-state index in [2.05, 4.69) is 4.85 Å². The smallest absolute Gasteiger partial charge is 0.217 e. The minimum Gasteiger partial charge on any atom is -0.381 e. The van der Waals surface area contributed by atoms with Gasteiger partial charge in [0, 0.05) is 19.1 Å². The Kier molecular flexibility index (Phi) is 2.53. The molecule has 0 aromatic carbocycles. The van der Waals surface area contributed by atoms with Gasteiger partial charge in [0.05, 0.1) is 0 Å². The van der Waals surface area contributed by atoms with Crippen molar-refractivity contribution in [3.05, 3.63) is 11.4 Å². The Hall–Kier alpha value is -0.550. The molecule has 2 nitrogen and oxygen atoms in total. The lowest BCUT2D eigenvalue weighted by Gasteiger charge is -2.16. The van der Waals surface area contributed by atoms with Gasteiger partial charge in [0.1, 0.15) is 0 Å². The maximum absolute atomic E-state index is 6.62. The molecule has 0 unspecified atom stereocenters. The molecule has 0 saturated carbocycles. The standard InChI is InChI=1S/C7H11NO/c1-8-6-7-2-4-9-5-3-7/h7H,2-6H2. The van der Waals surface area contributed by atoms with Crippen LogP contribution in [0.25, 0.3) is 4.85 Å². The monoisotopic (exact) mass is 125 g/mol. The number of ether oxygens (including phenoxy) is 1. The molecule has 1 aliphatic rings. The second-order valence-electron chi connectivity index (χ2n) is 2.40. The molecule has 1 rings (SSSR count). The normalized spacial score (nSPS) is 21.2. The molecule has 0 aromatic heterocycles. The van der Waals surface area contributed by atoms with E-state index in [0.29, 0.717) is 12.5 Å². The molecule has 0 bridgehead atoms. The van der Waals surface area contributed by atoms with Gasteiger partial charge in [0.15, 0.2) is 0 Å². The van der Waals surface area contributed by atoms with Gasteiger partial charge in [-0.3, -0.25) is 0 Å². The van der Waals surface area contributed by atoms with Crippen molar-refractivity contribution in [2.75, 3.05) is 19.8 Å². The van der Waals surface area contributed by atoms with Crippen LogP contribution in [0.15, 0.2) is 0 Å². The molecule has 0 radical (unpaired) electrons. The van der Waals surface area contributed by atoms with Crippen LogP contribution in [0.2, 0.25) is 0 Å². The molecule has 1 fully saturated rings. The lowest BCUT2D eigenvalue weighted by Crippen LogP contribution is -2.17. The van der Waals surface area contributed by atoms with Crippen LogP contribution in [0.4, 0.5) is 0 Å². The second kappa shape index (κ2) is 3.47. The summed E-state index contributed by atoms with van der Waals surface area (Å²) in [4.78, 5) is 3.35. The van der Waals surface area contributed by atoms with E-state index >= 15 is 0 Å². The lowest BCUT2D eigenvalue weighted by molar-refractivity contribution is 0.0708. The zero-order chi connectivity index (χ0) is 6.53. The van der Waals surface area contributed by atoms with Crippen LogP contribution in [0.5, 0.6) is 0 Å². The molecule has 0 N–H and O–H groups in total. The molecule has 0 aromatic rings. The van der Waals surface area contributed by atoms with E-state index < -0.39 is 0 Å². The highest BCUT2D eigenvalue weighted by molar-refractivity contribution is 4.71. The highest BCUT2D eigenvalue weighted by Crippen LogP contribution is 2.14. The lowest BCUT2D eigenvalue weighted by atomic mass is 10.0. The molecule has 0 aliphatic carbocycles. The van der Waals surface area contributed by atoms with E-state index in [0.717, 1.165) is 26.1 Å². The van der Waals surface area contributed by atoms with E-state index in [1.807, 2.05) is 0 Å². The average Bonchev–Trinajstić information content (AvgIpc) is 1.91. The summed E-state index contributed by atoms with van der Waals surface area (Å²) in [6.45, 7) is 9.04. The third-order valence-electron chi connectivity index (χ3n) is 1.69. The van der Waals surface area contributed by atoms with Gasteiger partial charge in [-0.05, 0) is 12.8 Å². The van der Waals surface area contributed by atoms with E-state index in [-0.39, 0.29) is 0 Å². The first-order valence-electron chi connectivity index (χ1n) is 3.34. The van der Waals surface area contributed by atoms with Crippen molar-refractivity contribution in [1.82, 2.24) is 0 Å². The Morgan fingerprint density at radius 3 is 2.67 bits per heavy atom. The Bertz CT molecular complexity index is 111. The minimum atomic E-state index is 0.622. The molecule has 1 aliphatic heterocycles. The summed E-state index contributed by atoms with van der Waals surface area (Å²) in [5.41, 5.74) is 0. The Labute approximate surface area is 55.6 Å². The van der Waals surface area contributed by atoms with Crippen molar-refractivity contribution in [1.29, 1.82) is 0 Å². The molecular formula is C7H11NO. The molecule has 50 valence electrons. The SMILES string of the molecule is [C-]#[N+]CC1CCOCC1. The van der Waals surface area contributed by atoms with E-state index in [1.54, 1.807) is 0 Å². The highest BCUT2D eigenvalue weighted by atomic mass is 16.5. The van der Waals surface area contributed by atoms with Crippen molar-refractivity contribution in [3.8, 4) is 0 Å². The van der Waals surface area contributed by atoms with E-state index in [4.69, 9.17) is 11.3 Å². The summed E-state index contributed by atoms with van der Waals surface area (Å²) >= 11 is 0. The van der Waals surface area contributed by atoms with Gasteiger partial charge in [-0.15, -0.1) is 0 Å². The van der Waals surface area contributed by atoms with Crippen LogP contribution in [-0.2, 0) is 4.74 Å². The quantitative estimate of drug-likeness (QED) is 0.482. The minimum absolute atomic E-state index is 0.622. The molecule has 0 atom stereocenters. The van der Waals surface area contributed by atoms with Crippen LogP contribution in [0.3, 0.4) is 0 Å². The molecule has 0 amide bonds. The third-order valence-corrected chi connectivity index (χ3v) is 1.69. The summed E-state index contributed by atoms with van der Waals surface area (Å²) in [5.74, 6) is 0.622. The van der Waals surface area contributed by atoms with Gasteiger partial charge in [-0.25, -0.2) is 6.57 Å². The van der Waals surface area contributed by atoms with Crippen LogP contribution in [0, 0.1) is 12.5 Å². The number of hydrogen-bond donors (Lipinski definition) is 0. The van der Waals surface area contributed by atoms with Crippen molar-refractivity contribution >= 4 is 0 Å². The molecule has 9 heavy (non-hydrogen) atoms. The van der Waals surface area contributed by atoms with Crippen molar-refractivity contribution in [2.24, 2.45) is 5.92 Å². The van der Waals surface area contributed by atoms with Crippen molar-refractivity contribution in [2.45, 2.75) is 12.8 Å². The largest absolute Gasteiger partial charge is 0.381 e. The zero-order valence-corrected chi connectivity index (χ0v) is 5.47. The molecule has 1 saturated heterocycles. The van der Waals surface area contributed by atoms with Crippen LogP contribution < -0.4 is 0 Å². The molecule has 2 heteroatoms. The highest BCUT2D eigenvalue weighted by Gasteiger charge is 2.15. The average molecular weight is 125 g/mol. The van der Waals surface area contributed by atoms with Gasteiger partial charge < -0.3 is 9.58 Å². The first-order chi connectivity index (χ1) is 4.43. The van der Waals surface area contributed by atoms with Crippen molar-refractivity contribution < 1.29 is 4.74 Å².